The lowest BCUT2D eigenvalue weighted by Crippen LogP contribution is -2.40. The van der Waals surface area contributed by atoms with E-state index < -0.39 is 10.0 Å². The maximum absolute atomic E-state index is 11.5. The fraction of sp³-hybridized carbons (Fsp3) is 1.00. The Labute approximate surface area is 85.3 Å². The van der Waals surface area contributed by atoms with Gasteiger partial charge in [0.25, 0.3) is 0 Å². The van der Waals surface area contributed by atoms with Crippen molar-refractivity contribution in [2.75, 3.05) is 12.3 Å². The van der Waals surface area contributed by atoms with Crippen molar-refractivity contribution in [1.82, 2.24) is 4.72 Å². The topological polar surface area (TPSA) is 72.2 Å². The smallest absolute Gasteiger partial charge is 0.213 e. The van der Waals surface area contributed by atoms with Gasteiger partial charge in [-0.2, -0.15) is 0 Å². The first-order valence-electron chi connectivity index (χ1n) is 5.31. The number of hydrogen-bond acceptors (Lipinski definition) is 3. The lowest BCUT2D eigenvalue weighted by molar-refractivity contribution is 0.390. The van der Waals surface area contributed by atoms with Crippen molar-refractivity contribution in [2.24, 2.45) is 17.6 Å². The van der Waals surface area contributed by atoms with Crippen molar-refractivity contribution in [3.63, 3.8) is 0 Å². The first kappa shape index (κ1) is 10.4. The molecule has 3 unspecified atom stereocenters. The van der Waals surface area contributed by atoms with Gasteiger partial charge in [-0.15, -0.1) is 0 Å². The Morgan fingerprint density at radius 1 is 1.29 bits per heavy atom. The molecule has 0 spiro atoms. The van der Waals surface area contributed by atoms with E-state index in [0.29, 0.717) is 5.92 Å². The first-order valence-corrected chi connectivity index (χ1v) is 6.96. The molecule has 4 nitrogen and oxygen atoms in total. The van der Waals surface area contributed by atoms with E-state index in [1.807, 2.05) is 0 Å². The molecule has 0 aliphatic heterocycles. The zero-order valence-electron chi connectivity index (χ0n) is 8.28. The molecule has 2 aliphatic rings. The van der Waals surface area contributed by atoms with Crippen LogP contribution < -0.4 is 10.5 Å². The summed E-state index contributed by atoms with van der Waals surface area (Å²) in [4.78, 5) is 0. The minimum absolute atomic E-state index is 0.0564. The molecule has 5 heteroatoms. The highest BCUT2D eigenvalue weighted by Gasteiger charge is 2.40. The van der Waals surface area contributed by atoms with Gasteiger partial charge in [-0.05, 0) is 31.1 Å². The normalized spacial score (nSPS) is 36.5. The van der Waals surface area contributed by atoms with Crippen LogP contribution in [0.15, 0.2) is 0 Å². The van der Waals surface area contributed by atoms with Crippen LogP contribution in [0.25, 0.3) is 0 Å². The Kier molecular flexibility index (Phi) is 2.81. The van der Waals surface area contributed by atoms with Crippen LogP contribution in [0.4, 0.5) is 0 Å². The highest BCUT2D eigenvalue weighted by atomic mass is 32.2. The summed E-state index contributed by atoms with van der Waals surface area (Å²) in [5.41, 5.74) is 5.25. The van der Waals surface area contributed by atoms with Crippen LogP contribution >= 0.6 is 0 Å². The van der Waals surface area contributed by atoms with Crippen LogP contribution in [-0.2, 0) is 10.0 Å². The predicted octanol–water partition coefficient (Wildman–Crippen LogP) is 0.0531. The van der Waals surface area contributed by atoms with Crippen molar-refractivity contribution in [3.8, 4) is 0 Å². The summed E-state index contributed by atoms with van der Waals surface area (Å²) < 4.78 is 25.7. The van der Waals surface area contributed by atoms with Gasteiger partial charge in [0.05, 0.1) is 5.75 Å². The van der Waals surface area contributed by atoms with E-state index in [1.54, 1.807) is 0 Å². The van der Waals surface area contributed by atoms with Crippen molar-refractivity contribution < 1.29 is 8.42 Å². The van der Waals surface area contributed by atoms with E-state index in [9.17, 15) is 8.42 Å². The molecule has 2 saturated carbocycles. The lowest BCUT2D eigenvalue weighted by atomic mass is 9.96. The van der Waals surface area contributed by atoms with Crippen molar-refractivity contribution >= 4 is 10.0 Å². The zero-order chi connectivity index (χ0) is 10.2. The lowest BCUT2D eigenvalue weighted by Gasteiger charge is -2.22. The molecule has 14 heavy (non-hydrogen) atoms. The highest BCUT2D eigenvalue weighted by molar-refractivity contribution is 7.89. The van der Waals surface area contributed by atoms with Gasteiger partial charge in [-0.3, -0.25) is 0 Å². The van der Waals surface area contributed by atoms with Crippen LogP contribution in [0.3, 0.4) is 0 Å². The molecular formula is C9H18N2O2S. The third-order valence-electron chi connectivity index (χ3n) is 3.46. The Balaban J connectivity index is 1.92. The summed E-state index contributed by atoms with van der Waals surface area (Å²) in [6.07, 6.45) is 4.74. The Morgan fingerprint density at radius 3 is 2.57 bits per heavy atom. The molecule has 2 fully saturated rings. The van der Waals surface area contributed by atoms with Crippen molar-refractivity contribution in [1.29, 1.82) is 0 Å². The molecule has 0 amide bonds. The fourth-order valence-corrected chi connectivity index (χ4v) is 4.01. The number of fused-ring (bicyclic) bond motifs is 2. The number of sulfonamides is 1. The van der Waals surface area contributed by atoms with E-state index in [1.165, 1.54) is 19.3 Å². The molecule has 0 aromatic carbocycles. The second kappa shape index (κ2) is 3.79. The largest absolute Gasteiger partial charge is 0.329 e. The van der Waals surface area contributed by atoms with Crippen molar-refractivity contribution in [2.45, 2.75) is 31.7 Å². The summed E-state index contributed by atoms with van der Waals surface area (Å²) in [6, 6.07) is 0.199. The third-order valence-corrected chi connectivity index (χ3v) is 4.89. The first-order chi connectivity index (χ1) is 6.61. The van der Waals surface area contributed by atoms with Gasteiger partial charge >= 0.3 is 0 Å². The molecule has 0 heterocycles. The number of rotatable bonds is 4. The quantitative estimate of drug-likeness (QED) is 0.700. The van der Waals surface area contributed by atoms with E-state index in [0.717, 1.165) is 12.3 Å². The van der Waals surface area contributed by atoms with Gasteiger partial charge in [0.1, 0.15) is 0 Å². The van der Waals surface area contributed by atoms with E-state index >= 15 is 0 Å². The Hall–Kier alpha value is -0.130. The minimum Gasteiger partial charge on any atom is -0.329 e. The fourth-order valence-electron chi connectivity index (χ4n) is 2.83. The molecule has 2 rings (SSSR count). The summed E-state index contributed by atoms with van der Waals surface area (Å²) >= 11 is 0. The Bertz CT molecular complexity index is 302. The van der Waals surface area contributed by atoms with E-state index in [4.69, 9.17) is 5.73 Å². The molecule has 0 radical (unpaired) electrons. The average Bonchev–Trinajstić information content (AvgIpc) is 2.63. The van der Waals surface area contributed by atoms with Crippen LogP contribution in [0.1, 0.15) is 25.7 Å². The van der Waals surface area contributed by atoms with Crippen LogP contribution in [0.2, 0.25) is 0 Å². The second-order valence-corrected chi connectivity index (χ2v) is 6.38. The van der Waals surface area contributed by atoms with Gasteiger partial charge in [-0.1, -0.05) is 6.42 Å². The second-order valence-electron chi connectivity index (χ2n) is 4.51. The molecule has 2 bridgehead atoms. The number of hydrogen-bond donors (Lipinski definition) is 2. The number of nitrogens with one attached hydrogen (secondary N) is 1. The van der Waals surface area contributed by atoms with E-state index in [-0.39, 0.29) is 18.3 Å². The van der Waals surface area contributed by atoms with E-state index in [2.05, 4.69) is 4.72 Å². The van der Waals surface area contributed by atoms with Gasteiger partial charge < -0.3 is 5.73 Å². The monoisotopic (exact) mass is 218 g/mol. The maximum atomic E-state index is 11.5. The molecule has 2 aliphatic carbocycles. The standard InChI is InChI=1S/C9H18N2O2S/c10-3-4-14(12,13)11-9-6-7-1-2-8(9)5-7/h7-9,11H,1-6,10H2. The summed E-state index contributed by atoms with van der Waals surface area (Å²) in [6.45, 7) is 0.205. The highest BCUT2D eigenvalue weighted by Crippen LogP contribution is 2.44. The summed E-state index contributed by atoms with van der Waals surface area (Å²) in [5, 5.41) is 0. The van der Waals surface area contributed by atoms with Gasteiger partial charge in [0.15, 0.2) is 0 Å². The van der Waals surface area contributed by atoms with Crippen molar-refractivity contribution in [3.05, 3.63) is 0 Å². The van der Waals surface area contributed by atoms with Crippen LogP contribution in [-0.4, -0.2) is 26.8 Å². The molecule has 0 aromatic rings. The maximum Gasteiger partial charge on any atom is 0.213 e. The summed E-state index contributed by atoms with van der Waals surface area (Å²) in [7, 11) is -3.11. The SMILES string of the molecule is NCCS(=O)(=O)NC1CC2CCC1C2. The summed E-state index contributed by atoms with van der Waals surface area (Å²) in [5.74, 6) is 1.42. The zero-order valence-corrected chi connectivity index (χ0v) is 9.09. The molecule has 0 aromatic heterocycles. The predicted molar refractivity (Wildman–Crippen MR) is 55.2 cm³/mol. The average molecular weight is 218 g/mol. The number of nitrogens with two attached hydrogens (primary N) is 1. The third kappa shape index (κ3) is 2.10. The Morgan fingerprint density at radius 2 is 2.07 bits per heavy atom. The minimum atomic E-state index is -3.11. The molecular weight excluding hydrogens is 200 g/mol. The van der Waals surface area contributed by atoms with Gasteiger partial charge in [-0.25, -0.2) is 13.1 Å². The molecule has 82 valence electrons. The van der Waals surface area contributed by atoms with Crippen LogP contribution in [0, 0.1) is 11.8 Å². The molecule has 3 N–H and O–H groups in total. The molecule has 3 atom stereocenters. The van der Waals surface area contributed by atoms with Gasteiger partial charge in [0, 0.05) is 12.6 Å². The van der Waals surface area contributed by atoms with Gasteiger partial charge in [0.2, 0.25) is 10.0 Å². The van der Waals surface area contributed by atoms with Crippen LogP contribution in [0.5, 0.6) is 0 Å². The molecule has 0 saturated heterocycles.